The molecule has 0 atom stereocenters. The smallest absolute Gasteiger partial charge is 0.0358 e. The fourth-order valence-corrected chi connectivity index (χ4v) is 3.14. The maximum atomic E-state index is 6.08. The Bertz CT molecular complexity index is 195. The molecule has 1 aliphatic rings. The summed E-state index contributed by atoms with van der Waals surface area (Å²) in [7, 11) is 0. The molecule has 1 rings (SSSR count). The quantitative estimate of drug-likeness (QED) is 0.773. The Balaban J connectivity index is 2.71. The van der Waals surface area contributed by atoms with Gasteiger partial charge in [0.05, 0.1) is 0 Å². The molecule has 1 fully saturated rings. The van der Waals surface area contributed by atoms with E-state index < -0.39 is 0 Å². The predicted octanol–water partition coefficient (Wildman–Crippen LogP) is 1.53. The highest BCUT2D eigenvalue weighted by molar-refractivity contribution is 4.97. The zero-order valence-corrected chi connectivity index (χ0v) is 11.5. The molecule has 0 saturated carbocycles. The first kappa shape index (κ1) is 13.9. The van der Waals surface area contributed by atoms with Gasteiger partial charge in [0.1, 0.15) is 0 Å². The van der Waals surface area contributed by atoms with E-state index in [0.717, 1.165) is 13.1 Å². The van der Waals surface area contributed by atoms with Gasteiger partial charge in [0.2, 0.25) is 0 Å². The summed E-state index contributed by atoms with van der Waals surface area (Å²) in [5.41, 5.74) is 6.34. The molecule has 3 heteroatoms. The molecule has 16 heavy (non-hydrogen) atoms. The van der Waals surface area contributed by atoms with Crippen molar-refractivity contribution in [2.75, 3.05) is 32.7 Å². The Hall–Kier alpha value is -0.120. The van der Waals surface area contributed by atoms with Gasteiger partial charge in [-0.1, -0.05) is 13.8 Å². The van der Waals surface area contributed by atoms with E-state index in [-0.39, 0.29) is 5.54 Å². The second kappa shape index (κ2) is 5.99. The zero-order chi connectivity index (χ0) is 12.2. The van der Waals surface area contributed by atoms with E-state index in [4.69, 9.17) is 5.73 Å². The van der Waals surface area contributed by atoms with E-state index >= 15 is 0 Å². The Morgan fingerprint density at radius 2 is 1.81 bits per heavy atom. The Kier molecular flexibility index (Phi) is 5.22. The van der Waals surface area contributed by atoms with Crippen molar-refractivity contribution in [2.45, 2.75) is 52.1 Å². The lowest BCUT2D eigenvalue weighted by Gasteiger charge is -2.50. The van der Waals surface area contributed by atoms with Gasteiger partial charge in [0, 0.05) is 18.1 Å². The number of hydrogen-bond donors (Lipinski definition) is 1. The van der Waals surface area contributed by atoms with Crippen LogP contribution in [0.5, 0.6) is 0 Å². The van der Waals surface area contributed by atoms with Crippen LogP contribution in [0.2, 0.25) is 0 Å². The fraction of sp³-hybridized carbons (Fsp3) is 1.00. The summed E-state index contributed by atoms with van der Waals surface area (Å²) < 4.78 is 0. The maximum Gasteiger partial charge on any atom is 0.0358 e. The molecule has 2 N–H and O–H groups in total. The van der Waals surface area contributed by atoms with Crippen molar-refractivity contribution in [1.29, 1.82) is 0 Å². The van der Waals surface area contributed by atoms with Crippen LogP contribution in [0.4, 0.5) is 0 Å². The highest BCUT2D eigenvalue weighted by atomic mass is 15.3. The molecule has 1 aliphatic heterocycles. The van der Waals surface area contributed by atoms with E-state index in [1.165, 1.54) is 32.5 Å². The van der Waals surface area contributed by atoms with Gasteiger partial charge in [-0.05, 0) is 52.9 Å². The summed E-state index contributed by atoms with van der Waals surface area (Å²) in [5, 5.41) is 0. The van der Waals surface area contributed by atoms with Crippen molar-refractivity contribution in [3.8, 4) is 0 Å². The van der Waals surface area contributed by atoms with Crippen LogP contribution in [0, 0.1) is 0 Å². The van der Waals surface area contributed by atoms with Crippen molar-refractivity contribution >= 4 is 0 Å². The third-order valence-electron chi connectivity index (χ3n) is 4.19. The molecule has 0 unspecified atom stereocenters. The van der Waals surface area contributed by atoms with E-state index in [0.29, 0.717) is 6.04 Å². The van der Waals surface area contributed by atoms with Crippen LogP contribution in [-0.2, 0) is 0 Å². The number of nitrogens with two attached hydrogens (primary N) is 1. The van der Waals surface area contributed by atoms with Gasteiger partial charge in [-0.15, -0.1) is 0 Å². The Morgan fingerprint density at radius 3 is 2.12 bits per heavy atom. The summed E-state index contributed by atoms with van der Waals surface area (Å²) in [4.78, 5) is 5.13. The number of piperidine rings is 1. The number of nitrogens with zero attached hydrogens (tertiary/aromatic N) is 2. The first-order chi connectivity index (χ1) is 7.59. The molecular weight excluding hydrogens is 198 g/mol. The molecule has 3 nitrogen and oxygen atoms in total. The van der Waals surface area contributed by atoms with Gasteiger partial charge in [0.25, 0.3) is 0 Å². The number of likely N-dealkylation sites (N-methyl/N-ethyl adjacent to an activating group) is 1. The van der Waals surface area contributed by atoms with Crippen molar-refractivity contribution in [3.05, 3.63) is 0 Å². The van der Waals surface area contributed by atoms with Crippen molar-refractivity contribution < 1.29 is 0 Å². The van der Waals surface area contributed by atoms with Crippen LogP contribution in [0.25, 0.3) is 0 Å². The average molecular weight is 227 g/mol. The molecular formula is C13H29N3. The lowest BCUT2D eigenvalue weighted by atomic mass is 9.84. The van der Waals surface area contributed by atoms with Gasteiger partial charge in [-0.3, -0.25) is 4.90 Å². The third kappa shape index (κ3) is 2.76. The Labute approximate surface area is 101 Å². The topological polar surface area (TPSA) is 32.5 Å². The Morgan fingerprint density at radius 1 is 1.25 bits per heavy atom. The second-order valence-corrected chi connectivity index (χ2v) is 5.24. The molecule has 0 spiro atoms. The number of likely N-dealkylation sites (tertiary alicyclic amines) is 1. The summed E-state index contributed by atoms with van der Waals surface area (Å²) in [6.07, 6.45) is 2.45. The van der Waals surface area contributed by atoms with Crippen LogP contribution in [-0.4, -0.2) is 54.1 Å². The molecule has 0 bridgehead atoms. The third-order valence-corrected chi connectivity index (χ3v) is 4.19. The minimum Gasteiger partial charge on any atom is -0.329 e. The number of hydrogen-bond acceptors (Lipinski definition) is 3. The zero-order valence-electron chi connectivity index (χ0n) is 11.5. The molecule has 0 aliphatic carbocycles. The van der Waals surface area contributed by atoms with E-state index in [1.54, 1.807) is 0 Å². The summed E-state index contributed by atoms with van der Waals surface area (Å²) in [6.45, 7) is 14.6. The lowest BCUT2D eigenvalue weighted by molar-refractivity contribution is 0.0108. The molecule has 0 aromatic heterocycles. The van der Waals surface area contributed by atoms with Crippen LogP contribution in [0.3, 0.4) is 0 Å². The van der Waals surface area contributed by atoms with Gasteiger partial charge in [-0.25, -0.2) is 0 Å². The van der Waals surface area contributed by atoms with Crippen molar-refractivity contribution in [2.24, 2.45) is 5.73 Å². The van der Waals surface area contributed by atoms with Crippen molar-refractivity contribution in [1.82, 2.24) is 9.80 Å². The van der Waals surface area contributed by atoms with Crippen molar-refractivity contribution in [3.63, 3.8) is 0 Å². The highest BCUT2D eigenvalue weighted by Crippen LogP contribution is 2.29. The average Bonchev–Trinajstić information content (AvgIpc) is 2.30. The molecule has 0 aromatic rings. The monoisotopic (exact) mass is 227 g/mol. The standard InChI is InChI=1S/C13H29N3/c1-5-15-9-7-13(11-14,8-10-15)16(6-2)12(3)4/h12H,5-11,14H2,1-4H3. The molecule has 0 aromatic carbocycles. The van der Waals surface area contributed by atoms with Gasteiger partial charge in [-0.2, -0.15) is 0 Å². The molecule has 96 valence electrons. The highest BCUT2D eigenvalue weighted by Gasteiger charge is 2.38. The van der Waals surface area contributed by atoms with E-state index in [1.807, 2.05) is 0 Å². The molecule has 1 saturated heterocycles. The maximum absolute atomic E-state index is 6.08. The largest absolute Gasteiger partial charge is 0.329 e. The summed E-state index contributed by atoms with van der Waals surface area (Å²) in [5.74, 6) is 0. The first-order valence-electron chi connectivity index (χ1n) is 6.78. The second-order valence-electron chi connectivity index (χ2n) is 5.24. The summed E-state index contributed by atoms with van der Waals surface area (Å²) >= 11 is 0. The van der Waals surface area contributed by atoms with Crippen LogP contribution in [0.1, 0.15) is 40.5 Å². The van der Waals surface area contributed by atoms with Crippen LogP contribution >= 0.6 is 0 Å². The van der Waals surface area contributed by atoms with Gasteiger partial charge >= 0.3 is 0 Å². The molecule has 0 radical (unpaired) electrons. The van der Waals surface area contributed by atoms with Crippen LogP contribution < -0.4 is 5.73 Å². The lowest BCUT2D eigenvalue weighted by Crippen LogP contribution is -2.61. The normalized spacial score (nSPS) is 21.9. The summed E-state index contributed by atoms with van der Waals surface area (Å²) in [6, 6.07) is 0.599. The van der Waals surface area contributed by atoms with E-state index in [9.17, 15) is 0 Å². The fourth-order valence-electron chi connectivity index (χ4n) is 3.14. The molecule has 0 amide bonds. The van der Waals surface area contributed by atoms with Gasteiger partial charge < -0.3 is 10.6 Å². The predicted molar refractivity (Wildman–Crippen MR) is 70.6 cm³/mol. The van der Waals surface area contributed by atoms with Crippen LogP contribution in [0.15, 0.2) is 0 Å². The van der Waals surface area contributed by atoms with E-state index in [2.05, 4.69) is 37.5 Å². The SMILES string of the molecule is CCN1CCC(CN)(N(CC)C(C)C)CC1. The first-order valence-corrected chi connectivity index (χ1v) is 6.78. The minimum absolute atomic E-state index is 0.259. The van der Waals surface area contributed by atoms with Gasteiger partial charge in [0.15, 0.2) is 0 Å². The number of rotatable bonds is 5. The minimum atomic E-state index is 0.259. The molecule has 1 heterocycles.